The molecule has 15 heavy (non-hydrogen) atoms. The van der Waals surface area contributed by atoms with Crippen molar-refractivity contribution >= 4 is 23.2 Å². The molecule has 1 aromatic rings. The van der Waals surface area contributed by atoms with E-state index in [9.17, 15) is 4.79 Å². The predicted molar refractivity (Wildman–Crippen MR) is 62.5 cm³/mol. The van der Waals surface area contributed by atoms with Crippen LogP contribution in [0.2, 0.25) is 0 Å². The van der Waals surface area contributed by atoms with Gasteiger partial charge in [-0.3, -0.25) is 4.79 Å². The van der Waals surface area contributed by atoms with Gasteiger partial charge in [-0.1, -0.05) is 18.2 Å². The van der Waals surface area contributed by atoms with Crippen molar-refractivity contribution < 1.29 is 4.79 Å². The average molecular weight is 224 g/mol. The van der Waals surface area contributed by atoms with Crippen LogP contribution < -0.4 is 4.90 Å². The highest BCUT2D eigenvalue weighted by Crippen LogP contribution is 2.28. The third kappa shape index (κ3) is 2.15. The molecule has 1 aromatic carbocycles. The maximum atomic E-state index is 11.7. The summed E-state index contributed by atoms with van der Waals surface area (Å²) in [5.74, 6) is 0.884. The number of hydrogen-bond acceptors (Lipinski definition) is 1. The lowest BCUT2D eigenvalue weighted by molar-refractivity contribution is -0.117. The van der Waals surface area contributed by atoms with E-state index in [1.807, 2.05) is 29.2 Å². The second kappa shape index (κ2) is 4.67. The molecule has 2 nitrogen and oxygen atoms in total. The Morgan fingerprint density at radius 3 is 2.87 bits per heavy atom. The molecule has 0 saturated heterocycles. The van der Waals surface area contributed by atoms with Gasteiger partial charge < -0.3 is 4.90 Å². The predicted octanol–water partition coefficient (Wildman–Crippen LogP) is 2.59. The van der Waals surface area contributed by atoms with E-state index >= 15 is 0 Å². The fourth-order valence-electron chi connectivity index (χ4n) is 1.93. The molecule has 0 bridgehead atoms. The van der Waals surface area contributed by atoms with E-state index in [4.69, 9.17) is 11.6 Å². The second-order valence-corrected chi connectivity index (χ2v) is 4.12. The summed E-state index contributed by atoms with van der Waals surface area (Å²) < 4.78 is 0. The topological polar surface area (TPSA) is 20.3 Å². The molecule has 0 aromatic heterocycles. The fourth-order valence-corrected chi connectivity index (χ4v) is 2.11. The number of fused-ring (bicyclic) bond motifs is 1. The van der Waals surface area contributed by atoms with E-state index in [0.717, 1.165) is 30.6 Å². The highest BCUT2D eigenvalue weighted by Gasteiger charge is 2.25. The number of carbonyl (C=O) groups is 1. The summed E-state index contributed by atoms with van der Waals surface area (Å²) in [6.07, 6.45) is 2.49. The summed E-state index contributed by atoms with van der Waals surface area (Å²) in [7, 11) is 0. The largest absolute Gasteiger partial charge is 0.312 e. The van der Waals surface area contributed by atoms with Crippen LogP contribution in [0.5, 0.6) is 0 Å². The Labute approximate surface area is 94.8 Å². The number of para-hydroxylation sites is 1. The number of benzene rings is 1. The lowest BCUT2D eigenvalue weighted by Crippen LogP contribution is -2.27. The van der Waals surface area contributed by atoms with Crippen molar-refractivity contribution in [2.75, 3.05) is 17.3 Å². The molecular formula is C12H14ClNO. The zero-order valence-electron chi connectivity index (χ0n) is 8.58. The molecule has 0 spiro atoms. The molecule has 80 valence electrons. The minimum Gasteiger partial charge on any atom is -0.312 e. The van der Waals surface area contributed by atoms with Crippen molar-refractivity contribution in [1.29, 1.82) is 0 Å². The summed E-state index contributed by atoms with van der Waals surface area (Å²) in [6.45, 7) is 0.794. The van der Waals surface area contributed by atoms with Crippen LogP contribution in [0, 0.1) is 0 Å². The fraction of sp³-hybridized carbons (Fsp3) is 0.417. The maximum absolute atomic E-state index is 11.7. The van der Waals surface area contributed by atoms with Crippen LogP contribution >= 0.6 is 11.6 Å². The molecule has 0 aliphatic carbocycles. The lowest BCUT2D eigenvalue weighted by Gasteiger charge is -2.16. The van der Waals surface area contributed by atoms with Gasteiger partial charge in [-0.25, -0.2) is 0 Å². The van der Waals surface area contributed by atoms with Crippen molar-refractivity contribution in [1.82, 2.24) is 0 Å². The van der Waals surface area contributed by atoms with Crippen LogP contribution in [-0.2, 0) is 11.2 Å². The standard InChI is InChI=1S/C12H14ClNO/c13-7-3-4-8-14-11-6-2-1-5-10(11)9-12(14)15/h1-2,5-6H,3-4,7-9H2. The first-order valence-electron chi connectivity index (χ1n) is 5.27. The van der Waals surface area contributed by atoms with Gasteiger partial charge in [-0.15, -0.1) is 11.6 Å². The molecule has 1 aliphatic rings. The molecule has 1 aliphatic heterocycles. The number of halogens is 1. The molecule has 0 saturated carbocycles. The van der Waals surface area contributed by atoms with E-state index in [1.54, 1.807) is 0 Å². The van der Waals surface area contributed by atoms with E-state index in [0.29, 0.717) is 12.3 Å². The molecule has 1 heterocycles. The second-order valence-electron chi connectivity index (χ2n) is 3.75. The van der Waals surface area contributed by atoms with Gasteiger partial charge in [0.15, 0.2) is 0 Å². The molecular weight excluding hydrogens is 210 g/mol. The van der Waals surface area contributed by atoms with Gasteiger partial charge in [-0.05, 0) is 24.5 Å². The van der Waals surface area contributed by atoms with Gasteiger partial charge in [0, 0.05) is 18.1 Å². The van der Waals surface area contributed by atoms with Gasteiger partial charge in [-0.2, -0.15) is 0 Å². The number of anilines is 1. The maximum Gasteiger partial charge on any atom is 0.231 e. The molecule has 0 N–H and O–H groups in total. The SMILES string of the molecule is O=C1Cc2ccccc2N1CCCCCl. The first-order valence-corrected chi connectivity index (χ1v) is 5.80. The van der Waals surface area contributed by atoms with Gasteiger partial charge in [0.05, 0.1) is 6.42 Å². The number of hydrogen-bond donors (Lipinski definition) is 0. The number of unbranched alkanes of at least 4 members (excludes halogenated alkanes) is 1. The third-order valence-electron chi connectivity index (χ3n) is 2.69. The van der Waals surface area contributed by atoms with Gasteiger partial charge in [0.2, 0.25) is 5.91 Å². The van der Waals surface area contributed by atoms with Crippen molar-refractivity contribution in [3.8, 4) is 0 Å². The Morgan fingerprint density at radius 2 is 2.07 bits per heavy atom. The minimum absolute atomic E-state index is 0.214. The van der Waals surface area contributed by atoms with E-state index in [1.165, 1.54) is 0 Å². The number of alkyl halides is 1. The summed E-state index contributed by atoms with van der Waals surface area (Å²) in [5.41, 5.74) is 2.23. The smallest absolute Gasteiger partial charge is 0.231 e. The summed E-state index contributed by atoms with van der Waals surface area (Å²) in [6, 6.07) is 8.00. The number of rotatable bonds is 4. The Hall–Kier alpha value is -1.02. The molecule has 0 unspecified atom stereocenters. The zero-order chi connectivity index (χ0) is 10.7. The molecule has 0 fully saturated rings. The van der Waals surface area contributed by atoms with E-state index < -0.39 is 0 Å². The van der Waals surface area contributed by atoms with Crippen LogP contribution in [0.1, 0.15) is 18.4 Å². The van der Waals surface area contributed by atoms with Crippen molar-refractivity contribution in [3.63, 3.8) is 0 Å². The molecule has 0 atom stereocenters. The zero-order valence-corrected chi connectivity index (χ0v) is 9.33. The highest BCUT2D eigenvalue weighted by molar-refractivity contribution is 6.17. The Morgan fingerprint density at radius 1 is 1.27 bits per heavy atom. The first-order chi connectivity index (χ1) is 7.33. The van der Waals surface area contributed by atoms with Crippen molar-refractivity contribution in [2.45, 2.75) is 19.3 Å². The quantitative estimate of drug-likeness (QED) is 0.568. The Kier molecular flexibility index (Phi) is 3.27. The van der Waals surface area contributed by atoms with Crippen LogP contribution in [0.25, 0.3) is 0 Å². The van der Waals surface area contributed by atoms with Crippen LogP contribution in [-0.4, -0.2) is 18.3 Å². The summed E-state index contributed by atoms with van der Waals surface area (Å²) in [4.78, 5) is 13.6. The van der Waals surface area contributed by atoms with E-state index in [2.05, 4.69) is 0 Å². The molecule has 3 heteroatoms. The van der Waals surface area contributed by atoms with Crippen molar-refractivity contribution in [2.24, 2.45) is 0 Å². The lowest BCUT2D eigenvalue weighted by atomic mass is 10.2. The average Bonchev–Trinajstić information content (AvgIpc) is 2.56. The first kappa shape index (κ1) is 10.5. The van der Waals surface area contributed by atoms with Crippen LogP contribution in [0.15, 0.2) is 24.3 Å². The summed E-state index contributed by atoms with van der Waals surface area (Å²) in [5, 5.41) is 0. The van der Waals surface area contributed by atoms with Crippen LogP contribution in [0.3, 0.4) is 0 Å². The normalized spacial score (nSPS) is 14.5. The third-order valence-corrected chi connectivity index (χ3v) is 2.96. The number of amides is 1. The summed E-state index contributed by atoms with van der Waals surface area (Å²) >= 11 is 5.62. The number of nitrogens with zero attached hydrogens (tertiary/aromatic N) is 1. The highest BCUT2D eigenvalue weighted by atomic mass is 35.5. The molecule has 0 radical (unpaired) electrons. The van der Waals surface area contributed by atoms with Crippen molar-refractivity contribution in [3.05, 3.63) is 29.8 Å². The van der Waals surface area contributed by atoms with Gasteiger partial charge in [0.1, 0.15) is 0 Å². The Bertz CT molecular complexity index is 364. The minimum atomic E-state index is 0.214. The van der Waals surface area contributed by atoms with Crippen LogP contribution in [0.4, 0.5) is 5.69 Å². The molecule has 1 amide bonds. The van der Waals surface area contributed by atoms with Gasteiger partial charge >= 0.3 is 0 Å². The van der Waals surface area contributed by atoms with E-state index in [-0.39, 0.29) is 5.91 Å². The number of carbonyl (C=O) groups excluding carboxylic acids is 1. The molecule has 2 rings (SSSR count). The Balaban J connectivity index is 2.08. The monoisotopic (exact) mass is 223 g/mol. The van der Waals surface area contributed by atoms with Gasteiger partial charge in [0.25, 0.3) is 0 Å².